The average Bonchev–Trinajstić information content (AvgIpc) is 3.33. The molecule has 122 valence electrons. The third kappa shape index (κ3) is 2.56. The molecule has 1 saturated carbocycles. The van der Waals surface area contributed by atoms with Crippen molar-refractivity contribution in [3.05, 3.63) is 71.1 Å². The van der Waals surface area contributed by atoms with Crippen molar-refractivity contribution in [1.82, 2.24) is 9.38 Å². The second kappa shape index (κ2) is 5.74. The Morgan fingerprint density at radius 3 is 2.88 bits per heavy atom. The van der Waals surface area contributed by atoms with Crippen molar-refractivity contribution in [3.8, 4) is 0 Å². The first-order chi connectivity index (χ1) is 11.7. The minimum Gasteiger partial charge on any atom is -0.465 e. The molecule has 2 aromatic heterocycles. The maximum absolute atomic E-state index is 14.5. The summed E-state index contributed by atoms with van der Waals surface area (Å²) in [5, 5.41) is 0. The maximum atomic E-state index is 14.5. The van der Waals surface area contributed by atoms with Crippen LogP contribution in [0.1, 0.15) is 45.9 Å². The van der Waals surface area contributed by atoms with E-state index in [0.29, 0.717) is 29.2 Å². The van der Waals surface area contributed by atoms with Crippen LogP contribution in [0.15, 0.2) is 42.9 Å². The Balaban J connectivity index is 1.78. The largest absolute Gasteiger partial charge is 0.465 e. The van der Waals surface area contributed by atoms with Gasteiger partial charge < -0.3 is 9.14 Å². The molecule has 3 aromatic rings. The van der Waals surface area contributed by atoms with Gasteiger partial charge >= 0.3 is 5.97 Å². The third-order valence-electron chi connectivity index (χ3n) is 4.58. The van der Waals surface area contributed by atoms with Gasteiger partial charge in [-0.25, -0.2) is 14.2 Å². The molecule has 0 unspecified atom stereocenters. The van der Waals surface area contributed by atoms with Gasteiger partial charge in [0.1, 0.15) is 5.82 Å². The van der Waals surface area contributed by atoms with Crippen molar-refractivity contribution in [1.29, 1.82) is 0 Å². The van der Waals surface area contributed by atoms with Crippen LogP contribution in [-0.4, -0.2) is 22.5 Å². The molecule has 5 heteroatoms. The van der Waals surface area contributed by atoms with Crippen LogP contribution in [0.5, 0.6) is 0 Å². The molecular weight excluding hydrogens is 307 g/mol. The molecule has 0 atom stereocenters. The van der Waals surface area contributed by atoms with E-state index in [0.717, 1.165) is 23.9 Å². The second-order valence-corrected chi connectivity index (χ2v) is 6.18. The van der Waals surface area contributed by atoms with Gasteiger partial charge in [0.25, 0.3) is 0 Å². The number of pyridine rings is 1. The first kappa shape index (κ1) is 14.9. The fourth-order valence-corrected chi connectivity index (χ4v) is 3.08. The topological polar surface area (TPSA) is 43.6 Å². The summed E-state index contributed by atoms with van der Waals surface area (Å²) in [6.45, 7) is 0. The number of carbonyl (C=O) groups is 1. The Labute approximate surface area is 138 Å². The predicted molar refractivity (Wildman–Crippen MR) is 87.7 cm³/mol. The lowest BCUT2D eigenvalue weighted by atomic mass is 10.0. The Morgan fingerprint density at radius 2 is 2.17 bits per heavy atom. The number of halogens is 1. The molecule has 0 spiro atoms. The highest BCUT2D eigenvalue weighted by Crippen LogP contribution is 2.40. The lowest BCUT2D eigenvalue weighted by Crippen LogP contribution is -2.11. The van der Waals surface area contributed by atoms with E-state index in [9.17, 15) is 9.18 Å². The van der Waals surface area contributed by atoms with Gasteiger partial charge in [-0.1, -0.05) is 12.1 Å². The van der Waals surface area contributed by atoms with Crippen LogP contribution < -0.4 is 0 Å². The Morgan fingerprint density at radius 1 is 1.33 bits per heavy atom. The first-order valence-corrected chi connectivity index (χ1v) is 7.98. The van der Waals surface area contributed by atoms with Crippen LogP contribution in [0.2, 0.25) is 0 Å². The molecule has 1 aliphatic rings. The summed E-state index contributed by atoms with van der Waals surface area (Å²) >= 11 is 0. The molecule has 1 aliphatic carbocycles. The molecule has 0 radical (unpaired) electrons. The molecule has 24 heavy (non-hydrogen) atoms. The lowest BCUT2D eigenvalue weighted by molar-refractivity contribution is 0.0599. The van der Waals surface area contributed by atoms with Gasteiger partial charge in [0, 0.05) is 12.1 Å². The molecule has 2 heterocycles. The van der Waals surface area contributed by atoms with E-state index < -0.39 is 5.97 Å². The van der Waals surface area contributed by atoms with Crippen LogP contribution in [-0.2, 0) is 11.2 Å². The van der Waals surface area contributed by atoms with Crippen LogP contribution >= 0.6 is 0 Å². The predicted octanol–water partition coefficient (Wildman–Crippen LogP) is 3.73. The van der Waals surface area contributed by atoms with E-state index in [1.807, 2.05) is 12.1 Å². The Bertz CT molecular complexity index is 928. The van der Waals surface area contributed by atoms with Gasteiger partial charge in [-0.2, -0.15) is 0 Å². The summed E-state index contributed by atoms with van der Waals surface area (Å²) in [5.41, 5.74) is 3.58. The van der Waals surface area contributed by atoms with Gasteiger partial charge in [0.15, 0.2) is 0 Å². The van der Waals surface area contributed by atoms with E-state index in [1.54, 1.807) is 35.1 Å². The quantitative estimate of drug-likeness (QED) is 0.687. The highest BCUT2D eigenvalue weighted by molar-refractivity contribution is 5.91. The number of hydrogen-bond acceptors (Lipinski definition) is 3. The van der Waals surface area contributed by atoms with Gasteiger partial charge in [0.2, 0.25) is 0 Å². The monoisotopic (exact) mass is 324 g/mol. The normalized spacial score (nSPS) is 14.1. The summed E-state index contributed by atoms with van der Waals surface area (Å²) in [6.07, 6.45) is 5.92. The van der Waals surface area contributed by atoms with Crippen LogP contribution in [0.4, 0.5) is 4.39 Å². The number of fused-ring (bicyclic) bond motifs is 1. The highest BCUT2D eigenvalue weighted by Gasteiger charge is 2.24. The third-order valence-corrected chi connectivity index (χ3v) is 4.58. The van der Waals surface area contributed by atoms with Crippen molar-refractivity contribution in [2.45, 2.75) is 25.2 Å². The SMILES string of the molecule is COC(=O)c1ccc2cncn2c1Cc1ccc(C2CC2)cc1F. The number of rotatable bonds is 4. The zero-order valence-corrected chi connectivity index (χ0v) is 13.3. The zero-order chi connectivity index (χ0) is 16.7. The number of aromatic nitrogens is 2. The number of hydrogen-bond donors (Lipinski definition) is 0. The number of ether oxygens (including phenoxy) is 1. The molecule has 0 bridgehead atoms. The molecule has 0 amide bonds. The van der Waals surface area contributed by atoms with Gasteiger partial charge in [-0.05, 0) is 48.1 Å². The van der Waals surface area contributed by atoms with Crippen LogP contribution in [0, 0.1) is 5.82 Å². The molecule has 0 saturated heterocycles. The zero-order valence-electron chi connectivity index (χ0n) is 13.3. The molecular formula is C19H17FN2O2. The number of benzene rings is 1. The standard InChI is InChI=1S/C19H17FN2O2/c1-24-19(23)16-7-6-15-10-21-11-22(15)18(16)9-14-5-4-13(8-17(14)20)12-2-3-12/h4-8,10-12H,2-3,9H2,1H3. The summed E-state index contributed by atoms with van der Waals surface area (Å²) in [7, 11) is 1.34. The van der Waals surface area contributed by atoms with Crippen molar-refractivity contribution in [3.63, 3.8) is 0 Å². The number of imidazole rings is 1. The number of methoxy groups -OCH3 is 1. The van der Waals surface area contributed by atoms with Gasteiger partial charge in [-0.15, -0.1) is 0 Å². The summed E-state index contributed by atoms with van der Waals surface area (Å²) < 4.78 is 21.2. The van der Waals surface area contributed by atoms with E-state index in [2.05, 4.69) is 4.98 Å². The van der Waals surface area contributed by atoms with Gasteiger partial charge in [-0.3, -0.25) is 0 Å². The average molecular weight is 324 g/mol. The van der Waals surface area contributed by atoms with Crippen LogP contribution in [0.3, 0.4) is 0 Å². The highest BCUT2D eigenvalue weighted by atomic mass is 19.1. The fourth-order valence-electron chi connectivity index (χ4n) is 3.08. The van der Waals surface area contributed by atoms with Crippen molar-refractivity contribution >= 4 is 11.5 Å². The number of esters is 1. The number of carbonyl (C=O) groups excluding carboxylic acids is 1. The summed E-state index contributed by atoms with van der Waals surface area (Å²) in [6, 6.07) is 8.94. The second-order valence-electron chi connectivity index (χ2n) is 6.18. The minimum atomic E-state index is -0.435. The lowest BCUT2D eigenvalue weighted by Gasteiger charge is -2.12. The van der Waals surface area contributed by atoms with Crippen molar-refractivity contribution in [2.24, 2.45) is 0 Å². The molecule has 4 nitrogen and oxygen atoms in total. The smallest absolute Gasteiger partial charge is 0.339 e. The molecule has 0 N–H and O–H groups in total. The molecule has 4 rings (SSSR count). The van der Waals surface area contributed by atoms with Gasteiger partial charge in [0.05, 0.1) is 30.7 Å². The van der Waals surface area contributed by atoms with E-state index in [4.69, 9.17) is 4.74 Å². The maximum Gasteiger partial charge on any atom is 0.339 e. The van der Waals surface area contributed by atoms with Crippen molar-refractivity contribution < 1.29 is 13.9 Å². The molecule has 0 aliphatic heterocycles. The van der Waals surface area contributed by atoms with Crippen molar-refractivity contribution in [2.75, 3.05) is 7.11 Å². The summed E-state index contributed by atoms with van der Waals surface area (Å²) in [4.78, 5) is 16.2. The van der Waals surface area contributed by atoms with E-state index >= 15 is 0 Å². The minimum absolute atomic E-state index is 0.229. The molecule has 1 fully saturated rings. The summed E-state index contributed by atoms with van der Waals surface area (Å²) in [5.74, 6) is -0.154. The molecule has 1 aromatic carbocycles. The van der Waals surface area contributed by atoms with E-state index in [1.165, 1.54) is 7.11 Å². The Hall–Kier alpha value is -2.69. The van der Waals surface area contributed by atoms with Crippen LogP contribution in [0.25, 0.3) is 5.52 Å². The first-order valence-electron chi connectivity index (χ1n) is 7.98. The Kier molecular flexibility index (Phi) is 3.56. The van der Waals surface area contributed by atoms with E-state index in [-0.39, 0.29) is 5.82 Å². The fraction of sp³-hybridized carbons (Fsp3) is 0.263. The number of nitrogens with zero attached hydrogens (tertiary/aromatic N) is 2.